The number of aromatic nitrogens is 2. The number of anilines is 3. The number of hydrogen-bond donors (Lipinski definition) is 0. The lowest BCUT2D eigenvalue weighted by Crippen LogP contribution is -2.57. The quantitative estimate of drug-likeness (QED) is 0.518. The van der Waals surface area contributed by atoms with E-state index in [-0.39, 0.29) is 30.4 Å². The van der Waals surface area contributed by atoms with Crippen molar-refractivity contribution in [3.05, 3.63) is 47.3 Å². The van der Waals surface area contributed by atoms with Crippen molar-refractivity contribution >= 4 is 33.4 Å². The van der Waals surface area contributed by atoms with Crippen molar-refractivity contribution in [1.82, 2.24) is 9.97 Å². The molecule has 2 saturated heterocycles. The van der Waals surface area contributed by atoms with E-state index in [1.807, 2.05) is 11.0 Å². The minimum Gasteiger partial charge on any atom is -0.378 e. The van der Waals surface area contributed by atoms with Crippen LogP contribution in [0.2, 0.25) is 0 Å². The molecule has 2 fully saturated rings. The summed E-state index contributed by atoms with van der Waals surface area (Å²) < 4.78 is 43.6. The maximum Gasteiger partial charge on any atom is 0.227 e. The van der Waals surface area contributed by atoms with Crippen molar-refractivity contribution < 1.29 is 17.5 Å². The van der Waals surface area contributed by atoms with E-state index in [2.05, 4.69) is 60.0 Å². The molecule has 8 nitrogen and oxygen atoms in total. The number of benzene rings is 1. The summed E-state index contributed by atoms with van der Waals surface area (Å²) in [5.41, 5.74) is 4.88. The fraction of sp³-hybridized carbons (Fsp3) is 0.571. The average Bonchev–Trinajstić information content (AvgIpc) is 2.89. The number of piperidine rings is 1. The second-order valence-corrected chi connectivity index (χ2v) is 13.3. The molecule has 206 valence electrons. The van der Waals surface area contributed by atoms with E-state index in [1.165, 1.54) is 22.9 Å². The molecule has 0 amide bonds. The first-order valence-electron chi connectivity index (χ1n) is 13.4. The lowest BCUT2D eigenvalue weighted by molar-refractivity contribution is 0.0194. The highest BCUT2D eigenvalue weighted by Gasteiger charge is 2.39. The molecule has 4 atom stereocenters. The third-order valence-corrected chi connectivity index (χ3v) is 9.19. The Balaban J connectivity index is 1.41. The van der Waals surface area contributed by atoms with Gasteiger partial charge in [0.25, 0.3) is 0 Å². The van der Waals surface area contributed by atoms with Gasteiger partial charge in [-0.1, -0.05) is 19.9 Å². The minimum absolute atomic E-state index is 0.131. The summed E-state index contributed by atoms with van der Waals surface area (Å²) in [7, 11) is -1.47. The van der Waals surface area contributed by atoms with Gasteiger partial charge in [-0.3, -0.25) is 0 Å². The number of methoxy groups -OCH3 is 1. The fourth-order valence-corrected chi connectivity index (χ4v) is 7.08. The van der Waals surface area contributed by atoms with E-state index >= 15 is 0 Å². The fourth-order valence-electron chi connectivity index (χ4n) is 5.92. The van der Waals surface area contributed by atoms with Gasteiger partial charge in [-0.25, -0.2) is 17.8 Å². The molecule has 0 saturated carbocycles. The predicted octanol–water partition coefficient (Wildman–Crippen LogP) is 4.02. The van der Waals surface area contributed by atoms with E-state index in [0.29, 0.717) is 31.4 Å². The van der Waals surface area contributed by atoms with E-state index in [9.17, 15) is 12.8 Å². The summed E-state index contributed by atoms with van der Waals surface area (Å²) in [5.74, 6) is 2.00. The summed E-state index contributed by atoms with van der Waals surface area (Å²) in [5, 5.41) is 0. The summed E-state index contributed by atoms with van der Waals surface area (Å²) in [6.45, 7) is 8.73. The van der Waals surface area contributed by atoms with E-state index in [1.54, 1.807) is 13.3 Å². The van der Waals surface area contributed by atoms with Crippen LogP contribution in [-0.2, 0) is 21.1 Å². The highest BCUT2D eigenvalue weighted by molar-refractivity contribution is 7.90. The Morgan fingerprint density at radius 2 is 2.00 bits per heavy atom. The molecule has 0 radical (unpaired) electrons. The molecule has 1 aromatic carbocycles. The third kappa shape index (κ3) is 5.25. The highest BCUT2D eigenvalue weighted by atomic mass is 32.2. The number of halogens is 1. The first kappa shape index (κ1) is 26.9. The normalized spacial score (nSPS) is 25.5. The summed E-state index contributed by atoms with van der Waals surface area (Å²) in [6.07, 6.45) is 6.39. The molecule has 0 aliphatic carbocycles. The standard InChI is InChI=1S/C28H38FN5O3S/c1-18(2)21-6-7-25(34-14-20(19(34)3)17-38(5,35)36)23-15-32(12-9-22(21)23)27-8-11-30-28(31-27)33-13-10-26(37-4)24(29)16-33/h6-9,11-12,18-20,24,26H,10,13-17H2,1-5H3/t19-,20-,24+,26-/m1/s1. The van der Waals surface area contributed by atoms with Crippen LogP contribution in [-0.4, -0.2) is 75.5 Å². The van der Waals surface area contributed by atoms with Crippen molar-refractivity contribution in [3.63, 3.8) is 0 Å². The number of alkyl halides is 1. The van der Waals surface area contributed by atoms with Gasteiger partial charge in [-0.2, -0.15) is 4.98 Å². The van der Waals surface area contributed by atoms with Gasteiger partial charge in [-0.05, 0) is 48.6 Å². The van der Waals surface area contributed by atoms with Crippen molar-refractivity contribution in [2.75, 3.05) is 53.5 Å². The minimum atomic E-state index is -3.02. The lowest BCUT2D eigenvalue weighted by Gasteiger charge is -2.49. The van der Waals surface area contributed by atoms with Gasteiger partial charge in [0.05, 0.1) is 24.9 Å². The Labute approximate surface area is 225 Å². The largest absolute Gasteiger partial charge is 0.378 e. The Hall–Kier alpha value is -2.72. The number of fused-ring (bicyclic) bond motifs is 1. The smallest absolute Gasteiger partial charge is 0.227 e. The van der Waals surface area contributed by atoms with Crippen LogP contribution in [0.4, 0.5) is 21.8 Å². The van der Waals surface area contributed by atoms with Crippen LogP contribution in [0.1, 0.15) is 49.8 Å². The van der Waals surface area contributed by atoms with Gasteiger partial charge in [0.15, 0.2) is 0 Å². The predicted molar refractivity (Wildman–Crippen MR) is 150 cm³/mol. The molecular formula is C28H38FN5O3S. The summed E-state index contributed by atoms with van der Waals surface area (Å²) >= 11 is 0. The summed E-state index contributed by atoms with van der Waals surface area (Å²) in [6, 6.07) is 6.42. The highest BCUT2D eigenvalue weighted by Crippen LogP contribution is 2.41. The lowest BCUT2D eigenvalue weighted by atomic mass is 9.86. The number of hydrogen-bond acceptors (Lipinski definition) is 8. The van der Waals surface area contributed by atoms with Crippen molar-refractivity contribution in [2.24, 2.45) is 5.92 Å². The Morgan fingerprint density at radius 3 is 2.66 bits per heavy atom. The topological polar surface area (TPSA) is 78.9 Å². The zero-order valence-electron chi connectivity index (χ0n) is 22.8. The van der Waals surface area contributed by atoms with Gasteiger partial charge < -0.3 is 19.4 Å². The van der Waals surface area contributed by atoms with Gasteiger partial charge >= 0.3 is 0 Å². The van der Waals surface area contributed by atoms with E-state index in [4.69, 9.17) is 9.72 Å². The molecule has 2 aromatic rings. The maximum absolute atomic E-state index is 14.5. The maximum atomic E-state index is 14.5. The van der Waals surface area contributed by atoms with Crippen molar-refractivity contribution in [3.8, 4) is 0 Å². The number of rotatable bonds is 7. The molecule has 3 aliphatic rings. The van der Waals surface area contributed by atoms with Gasteiger partial charge in [-0.15, -0.1) is 0 Å². The number of nitrogens with zero attached hydrogens (tertiary/aromatic N) is 5. The number of ether oxygens (including phenoxy) is 1. The Kier molecular flexibility index (Phi) is 7.39. The van der Waals surface area contributed by atoms with Crippen LogP contribution in [0.25, 0.3) is 6.08 Å². The van der Waals surface area contributed by atoms with Gasteiger partial charge in [0.1, 0.15) is 21.8 Å². The number of sulfone groups is 1. The molecule has 0 bridgehead atoms. The average molecular weight is 544 g/mol. The van der Waals surface area contributed by atoms with E-state index < -0.39 is 16.0 Å². The van der Waals surface area contributed by atoms with Crippen LogP contribution < -0.4 is 14.7 Å². The van der Waals surface area contributed by atoms with E-state index in [0.717, 1.165) is 18.1 Å². The van der Waals surface area contributed by atoms with Crippen LogP contribution in [0, 0.1) is 5.92 Å². The van der Waals surface area contributed by atoms with Crippen molar-refractivity contribution in [1.29, 1.82) is 0 Å². The Bertz CT molecular complexity index is 1320. The van der Waals surface area contributed by atoms with Crippen LogP contribution >= 0.6 is 0 Å². The van der Waals surface area contributed by atoms with Crippen LogP contribution in [0.15, 0.2) is 30.6 Å². The van der Waals surface area contributed by atoms with Crippen LogP contribution in [0.5, 0.6) is 0 Å². The first-order chi connectivity index (χ1) is 18.1. The molecular weight excluding hydrogens is 505 g/mol. The Morgan fingerprint density at radius 1 is 1.21 bits per heavy atom. The SMILES string of the molecule is CO[C@@H]1CCN(c2nccc(N3C=Cc4c(C(C)C)ccc(N5C[C@H](CS(C)(=O)=O)[C@H]5C)c4C3)n2)C[C@@H]1F. The molecule has 10 heteroatoms. The monoisotopic (exact) mass is 543 g/mol. The molecule has 38 heavy (non-hydrogen) atoms. The molecule has 0 unspecified atom stereocenters. The molecule has 4 heterocycles. The first-order valence-corrected chi connectivity index (χ1v) is 15.4. The molecule has 3 aliphatic heterocycles. The third-order valence-electron chi connectivity index (χ3n) is 8.16. The second-order valence-electron chi connectivity index (χ2n) is 11.1. The van der Waals surface area contributed by atoms with Crippen LogP contribution in [0.3, 0.4) is 0 Å². The zero-order valence-corrected chi connectivity index (χ0v) is 23.7. The molecule has 1 aromatic heterocycles. The van der Waals surface area contributed by atoms with Crippen molar-refractivity contribution in [2.45, 2.75) is 58.0 Å². The molecule has 5 rings (SSSR count). The second kappa shape index (κ2) is 10.4. The molecule has 0 N–H and O–H groups in total. The molecule has 0 spiro atoms. The zero-order chi connectivity index (χ0) is 27.2. The summed E-state index contributed by atoms with van der Waals surface area (Å²) in [4.78, 5) is 15.6. The van der Waals surface area contributed by atoms with Gasteiger partial charge in [0, 0.05) is 62.1 Å². The van der Waals surface area contributed by atoms with Gasteiger partial charge in [0.2, 0.25) is 5.95 Å².